The summed E-state index contributed by atoms with van der Waals surface area (Å²) in [5.41, 5.74) is 2.09. The molecule has 0 radical (unpaired) electrons. The van der Waals surface area contributed by atoms with Crippen LogP contribution in [-0.2, 0) is 23.1 Å². The second-order valence-corrected chi connectivity index (χ2v) is 7.57. The van der Waals surface area contributed by atoms with Crippen molar-refractivity contribution in [2.75, 3.05) is 7.11 Å². The number of para-hydroxylation sites is 1. The Bertz CT molecular complexity index is 1110. The van der Waals surface area contributed by atoms with Crippen LogP contribution in [0.2, 0.25) is 0 Å². The molecule has 3 aromatic rings. The van der Waals surface area contributed by atoms with Gasteiger partial charge in [0.1, 0.15) is 5.75 Å². The lowest BCUT2D eigenvalue weighted by Gasteiger charge is -2.12. The Kier molecular flexibility index (Phi) is 4.88. The average Bonchev–Trinajstić information content (AvgIpc) is 2.93. The molecule has 0 aliphatic heterocycles. The highest BCUT2D eigenvalue weighted by Crippen LogP contribution is 2.24. The number of oxazole rings is 1. The van der Waals surface area contributed by atoms with E-state index in [9.17, 15) is 13.2 Å². The smallest absolute Gasteiger partial charge is 0.419 e. The van der Waals surface area contributed by atoms with Crippen LogP contribution in [0.25, 0.3) is 11.1 Å². The SMILES string of the molecule is CCn1c(=O)oc2cc(S(=O)(=O)NCc3ccccc3OC)c(C)cc21. The molecule has 2 aromatic carbocycles. The largest absolute Gasteiger partial charge is 0.496 e. The first-order chi connectivity index (χ1) is 12.4. The van der Waals surface area contributed by atoms with Gasteiger partial charge < -0.3 is 9.15 Å². The Morgan fingerprint density at radius 1 is 1.23 bits per heavy atom. The minimum Gasteiger partial charge on any atom is -0.496 e. The van der Waals surface area contributed by atoms with Gasteiger partial charge in [-0.05, 0) is 31.5 Å². The molecule has 0 atom stereocenters. The van der Waals surface area contributed by atoms with Gasteiger partial charge in [0.25, 0.3) is 0 Å². The number of fused-ring (bicyclic) bond motifs is 1. The van der Waals surface area contributed by atoms with Crippen LogP contribution in [0.4, 0.5) is 0 Å². The zero-order valence-electron chi connectivity index (χ0n) is 14.8. The van der Waals surface area contributed by atoms with Gasteiger partial charge in [-0.3, -0.25) is 4.57 Å². The Morgan fingerprint density at radius 2 is 1.96 bits per heavy atom. The van der Waals surface area contributed by atoms with Gasteiger partial charge in [0.05, 0.1) is 17.5 Å². The summed E-state index contributed by atoms with van der Waals surface area (Å²) < 4.78 is 40.0. The molecule has 0 amide bonds. The lowest BCUT2D eigenvalue weighted by atomic mass is 10.2. The third-order valence-corrected chi connectivity index (χ3v) is 5.76. The fraction of sp³-hybridized carbons (Fsp3) is 0.278. The first-order valence-electron chi connectivity index (χ1n) is 8.13. The van der Waals surface area contributed by atoms with E-state index in [1.54, 1.807) is 25.1 Å². The van der Waals surface area contributed by atoms with E-state index >= 15 is 0 Å². The van der Waals surface area contributed by atoms with Crippen LogP contribution in [0, 0.1) is 6.92 Å². The maximum Gasteiger partial charge on any atom is 0.419 e. The van der Waals surface area contributed by atoms with Crippen molar-refractivity contribution >= 4 is 21.1 Å². The Morgan fingerprint density at radius 3 is 2.65 bits per heavy atom. The van der Waals surface area contributed by atoms with E-state index in [0.29, 0.717) is 23.4 Å². The van der Waals surface area contributed by atoms with Crippen molar-refractivity contribution in [2.45, 2.75) is 31.8 Å². The quantitative estimate of drug-likeness (QED) is 0.713. The Labute approximate surface area is 151 Å². The minimum absolute atomic E-state index is 0.0805. The van der Waals surface area contributed by atoms with E-state index in [1.807, 2.05) is 19.1 Å². The third-order valence-electron chi connectivity index (χ3n) is 4.22. The van der Waals surface area contributed by atoms with Crippen LogP contribution >= 0.6 is 0 Å². The maximum atomic E-state index is 12.8. The second-order valence-electron chi connectivity index (χ2n) is 5.83. The summed E-state index contributed by atoms with van der Waals surface area (Å²) in [6.07, 6.45) is 0. The monoisotopic (exact) mass is 376 g/mol. The van der Waals surface area contributed by atoms with Crippen LogP contribution in [0.5, 0.6) is 5.75 Å². The lowest BCUT2D eigenvalue weighted by molar-refractivity contribution is 0.409. The fourth-order valence-electron chi connectivity index (χ4n) is 2.88. The summed E-state index contributed by atoms with van der Waals surface area (Å²) in [5, 5.41) is 0. The zero-order chi connectivity index (χ0) is 18.9. The number of nitrogens with one attached hydrogen (secondary N) is 1. The first kappa shape index (κ1) is 18.2. The molecule has 0 saturated carbocycles. The number of hydrogen-bond donors (Lipinski definition) is 1. The molecule has 0 fully saturated rings. The maximum absolute atomic E-state index is 12.8. The molecule has 8 heteroatoms. The van der Waals surface area contributed by atoms with Crippen molar-refractivity contribution in [1.82, 2.24) is 9.29 Å². The summed E-state index contributed by atoms with van der Waals surface area (Å²) in [6, 6.07) is 10.2. The second kappa shape index (κ2) is 6.97. The molecule has 0 aliphatic carbocycles. The average molecular weight is 376 g/mol. The van der Waals surface area contributed by atoms with Crippen molar-refractivity contribution in [3.05, 3.63) is 58.1 Å². The molecule has 7 nitrogen and oxygen atoms in total. The van der Waals surface area contributed by atoms with E-state index in [0.717, 1.165) is 5.56 Å². The van der Waals surface area contributed by atoms with Gasteiger partial charge in [-0.15, -0.1) is 0 Å². The number of rotatable bonds is 6. The van der Waals surface area contributed by atoms with Gasteiger partial charge in [0.15, 0.2) is 5.58 Å². The number of nitrogens with zero attached hydrogens (tertiary/aromatic N) is 1. The molecule has 0 bridgehead atoms. The highest BCUT2D eigenvalue weighted by atomic mass is 32.2. The molecule has 26 heavy (non-hydrogen) atoms. The van der Waals surface area contributed by atoms with E-state index in [1.165, 1.54) is 17.7 Å². The third kappa shape index (κ3) is 3.25. The van der Waals surface area contributed by atoms with Crippen LogP contribution in [0.1, 0.15) is 18.1 Å². The molecular weight excluding hydrogens is 356 g/mol. The molecular formula is C18H20N2O5S. The predicted octanol–water partition coefficient (Wildman–Crippen LogP) is 2.41. The molecule has 1 heterocycles. The summed E-state index contributed by atoms with van der Waals surface area (Å²) in [5.74, 6) is 0.104. The van der Waals surface area contributed by atoms with E-state index in [2.05, 4.69) is 4.72 Å². The lowest BCUT2D eigenvalue weighted by Crippen LogP contribution is -2.24. The normalized spacial score (nSPS) is 11.8. The van der Waals surface area contributed by atoms with E-state index < -0.39 is 15.8 Å². The van der Waals surface area contributed by atoms with Crippen molar-refractivity contribution < 1.29 is 17.6 Å². The number of aromatic nitrogens is 1. The number of hydrogen-bond acceptors (Lipinski definition) is 5. The molecule has 0 aliphatic rings. The summed E-state index contributed by atoms with van der Waals surface area (Å²) in [7, 11) is -2.26. The van der Waals surface area contributed by atoms with E-state index in [4.69, 9.17) is 9.15 Å². The van der Waals surface area contributed by atoms with Crippen LogP contribution in [-0.4, -0.2) is 20.1 Å². The van der Waals surface area contributed by atoms with Gasteiger partial charge in [-0.1, -0.05) is 18.2 Å². The van der Waals surface area contributed by atoms with Crippen LogP contribution < -0.4 is 15.2 Å². The van der Waals surface area contributed by atoms with Crippen molar-refractivity contribution in [3.8, 4) is 5.75 Å². The Hall–Kier alpha value is -2.58. The number of ether oxygens (including phenoxy) is 1. The van der Waals surface area contributed by atoms with Crippen molar-refractivity contribution in [1.29, 1.82) is 0 Å². The number of sulfonamides is 1. The minimum atomic E-state index is -3.79. The van der Waals surface area contributed by atoms with Gasteiger partial charge in [-0.2, -0.15) is 0 Å². The highest BCUT2D eigenvalue weighted by molar-refractivity contribution is 7.89. The molecule has 138 valence electrons. The van der Waals surface area contributed by atoms with Gasteiger partial charge in [-0.25, -0.2) is 17.9 Å². The number of benzene rings is 2. The molecule has 0 unspecified atom stereocenters. The molecule has 1 aromatic heterocycles. The van der Waals surface area contributed by atoms with E-state index in [-0.39, 0.29) is 17.0 Å². The molecule has 3 rings (SSSR count). The summed E-state index contributed by atoms with van der Waals surface area (Å²) in [4.78, 5) is 11.9. The standard InChI is InChI=1S/C18H20N2O5S/c1-4-20-14-9-12(2)17(10-16(14)25-18(20)21)26(22,23)19-11-13-7-5-6-8-15(13)24-3/h5-10,19H,4,11H2,1-3H3. The van der Waals surface area contributed by atoms with Crippen LogP contribution in [0.3, 0.4) is 0 Å². The Balaban J connectivity index is 1.96. The fourth-order valence-corrected chi connectivity index (χ4v) is 4.13. The zero-order valence-corrected chi connectivity index (χ0v) is 15.6. The van der Waals surface area contributed by atoms with Crippen LogP contribution in [0.15, 0.2) is 50.5 Å². The molecule has 0 spiro atoms. The van der Waals surface area contributed by atoms with Crippen molar-refractivity contribution in [3.63, 3.8) is 0 Å². The highest BCUT2D eigenvalue weighted by Gasteiger charge is 2.20. The molecule has 0 saturated heterocycles. The number of aryl methyl sites for hydroxylation is 2. The predicted molar refractivity (Wildman–Crippen MR) is 97.9 cm³/mol. The first-order valence-corrected chi connectivity index (χ1v) is 9.61. The van der Waals surface area contributed by atoms with Gasteiger partial charge in [0.2, 0.25) is 10.0 Å². The van der Waals surface area contributed by atoms with Gasteiger partial charge >= 0.3 is 5.76 Å². The summed E-state index contributed by atoms with van der Waals surface area (Å²) >= 11 is 0. The van der Waals surface area contributed by atoms with Gasteiger partial charge in [0, 0.05) is 24.7 Å². The summed E-state index contributed by atoms with van der Waals surface area (Å²) in [6.45, 7) is 4.05. The number of methoxy groups -OCH3 is 1. The topological polar surface area (TPSA) is 90.5 Å². The molecule has 1 N–H and O–H groups in total. The van der Waals surface area contributed by atoms with Crippen molar-refractivity contribution in [2.24, 2.45) is 0 Å².